The summed E-state index contributed by atoms with van der Waals surface area (Å²) in [6, 6.07) is 23.9. The summed E-state index contributed by atoms with van der Waals surface area (Å²) in [5, 5.41) is 2.18. The first-order valence-electron chi connectivity index (χ1n) is 12.0. The largest absolute Gasteiger partial charge is 0.496 e. The Morgan fingerprint density at radius 3 is 1.46 bits per heavy atom. The maximum atomic E-state index is 6.06. The third kappa shape index (κ3) is 3.72. The summed E-state index contributed by atoms with van der Waals surface area (Å²) in [6.45, 7) is 10.8. The number of rotatable bonds is 4. The van der Waals surface area contributed by atoms with Crippen molar-refractivity contribution in [3.05, 3.63) is 94.5 Å². The van der Waals surface area contributed by atoms with Gasteiger partial charge >= 0.3 is 0 Å². The first-order valence-corrected chi connectivity index (χ1v) is 12.0. The fraction of sp³-hybridized carbons (Fsp3) is 0.219. The van der Waals surface area contributed by atoms with Gasteiger partial charge in [0.15, 0.2) is 0 Å². The molecular weight excluding hydrogens is 430 g/mol. The van der Waals surface area contributed by atoms with Crippen molar-refractivity contribution in [2.45, 2.75) is 34.6 Å². The number of aromatic nitrogens is 1. The second kappa shape index (κ2) is 8.74. The summed E-state index contributed by atoms with van der Waals surface area (Å²) >= 11 is 0. The van der Waals surface area contributed by atoms with Gasteiger partial charge < -0.3 is 9.47 Å². The summed E-state index contributed by atoms with van der Waals surface area (Å²) < 4.78 is 14.5. The Morgan fingerprint density at radius 1 is 0.543 bits per heavy atom. The first-order chi connectivity index (χ1) is 16.8. The van der Waals surface area contributed by atoms with Gasteiger partial charge in [0.05, 0.1) is 25.0 Å². The van der Waals surface area contributed by atoms with E-state index < -0.39 is 0 Å². The van der Waals surface area contributed by atoms with E-state index in [-0.39, 0.29) is 0 Å². The SMILES string of the molecule is COc1cc(C)cc2c1c(-c1c(C)cc(C)cc1C)c1c(OC)cc(C)cc1[n+]2-c1ccccc1. The third-order valence-electron chi connectivity index (χ3n) is 6.81. The fourth-order valence-electron chi connectivity index (χ4n) is 5.58. The van der Waals surface area contributed by atoms with E-state index in [4.69, 9.17) is 9.47 Å². The molecule has 0 unspecified atom stereocenters. The minimum Gasteiger partial charge on any atom is -0.496 e. The Hall–Kier alpha value is -3.85. The van der Waals surface area contributed by atoms with E-state index in [0.29, 0.717) is 0 Å². The normalized spacial score (nSPS) is 11.3. The van der Waals surface area contributed by atoms with Gasteiger partial charge in [-0.2, -0.15) is 4.57 Å². The Bertz CT molecular complexity index is 1510. The molecule has 3 nitrogen and oxygen atoms in total. The van der Waals surface area contributed by atoms with Crippen LogP contribution in [-0.4, -0.2) is 14.2 Å². The second-order valence-electron chi connectivity index (χ2n) is 9.54. The molecule has 4 aromatic carbocycles. The molecule has 0 aliphatic heterocycles. The highest BCUT2D eigenvalue weighted by Crippen LogP contribution is 2.45. The molecule has 0 spiro atoms. The van der Waals surface area contributed by atoms with Crippen LogP contribution in [0.25, 0.3) is 38.6 Å². The van der Waals surface area contributed by atoms with Crippen molar-refractivity contribution in [1.82, 2.24) is 0 Å². The molecule has 0 aliphatic carbocycles. The van der Waals surface area contributed by atoms with E-state index in [1.165, 1.54) is 22.3 Å². The molecule has 3 heteroatoms. The van der Waals surface area contributed by atoms with Crippen LogP contribution in [0.5, 0.6) is 11.5 Å². The van der Waals surface area contributed by atoms with Crippen molar-refractivity contribution in [2.24, 2.45) is 0 Å². The topological polar surface area (TPSA) is 22.3 Å². The van der Waals surface area contributed by atoms with Crippen LogP contribution < -0.4 is 14.0 Å². The maximum Gasteiger partial charge on any atom is 0.223 e. The van der Waals surface area contributed by atoms with Crippen LogP contribution in [0.4, 0.5) is 0 Å². The van der Waals surface area contributed by atoms with E-state index in [2.05, 4.69) is 106 Å². The van der Waals surface area contributed by atoms with E-state index in [1.54, 1.807) is 14.2 Å². The van der Waals surface area contributed by atoms with Gasteiger partial charge in [-0.15, -0.1) is 0 Å². The summed E-state index contributed by atoms with van der Waals surface area (Å²) in [5.41, 5.74) is 11.8. The molecule has 1 aromatic heterocycles. The lowest BCUT2D eigenvalue weighted by Crippen LogP contribution is -2.33. The molecule has 5 rings (SSSR count). The molecule has 5 aromatic rings. The Morgan fingerprint density at radius 2 is 1.00 bits per heavy atom. The molecular formula is C32H32NO2+. The molecule has 0 saturated heterocycles. The molecule has 0 fully saturated rings. The predicted octanol–water partition coefficient (Wildman–Crippen LogP) is 7.50. The van der Waals surface area contributed by atoms with Crippen LogP contribution in [0.1, 0.15) is 27.8 Å². The third-order valence-corrected chi connectivity index (χ3v) is 6.81. The monoisotopic (exact) mass is 462 g/mol. The zero-order chi connectivity index (χ0) is 24.9. The van der Waals surface area contributed by atoms with Crippen molar-refractivity contribution in [2.75, 3.05) is 14.2 Å². The number of para-hydroxylation sites is 1. The van der Waals surface area contributed by atoms with Crippen LogP contribution >= 0.6 is 0 Å². The Balaban J connectivity index is 2.17. The van der Waals surface area contributed by atoms with Crippen LogP contribution in [-0.2, 0) is 0 Å². The van der Waals surface area contributed by atoms with E-state index in [9.17, 15) is 0 Å². The predicted molar refractivity (Wildman–Crippen MR) is 145 cm³/mol. The quantitative estimate of drug-likeness (QED) is 0.204. The van der Waals surface area contributed by atoms with Crippen molar-refractivity contribution >= 4 is 21.8 Å². The highest BCUT2D eigenvalue weighted by molar-refractivity contribution is 6.13. The lowest BCUT2D eigenvalue weighted by molar-refractivity contribution is -0.538. The second-order valence-corrected chi connectivity index (χ2v) is 9.54. The van der Waals surface area contributed by atoms with Gasteiger partial charge in [-0.25, -0.2) is 0 Å². The molecule has 0 aliphatic rings. The summed E-state index contributed by atoms with van der Waals surface area (Å²) in [6.07, 6.45) is 0. The zero-order valence-electron chi connectivity index (χ0n) is 21.6. The molecule has 35 heavy (non-hydrogen) atoms. The Kier molecular flexibility index (Phi) is 5.72. The molecule has 0 radical (unpaired) electrons. The summed E-state index contributed by atoms with van der Waals surface area (Å²) in [4.78, 5) is 0. The lowest BCUT2D eigenvalue weighted by atomic mass is 9.87. The van der Waals surface area contributed by atoms with Gasteiger partial charge in [0, 0.05) is 29.8 Å². The summed E-state index contributed by atoms with van der Waals surface area (Å²) in [7, 11) is 3.52. The minimum absolute atomic E-state index is 0.864. The van der Waals surface area contributed by atoms with Crippen molar-refractivity contribution in [3.8, 4) is 28.3 Å². The average molecular weight is 463 g/mol. The number of ether oxygens (including phenoxy) is 2. The van der Waals surface area contributed by atoms with Gasteiger partial charge in [-0.3, -0.25) is 0 Å². The lowest BCUT2D eigenvalue weighted by Gasteiger charge is -2.20. The van der Waals surface area contributed by atoms with Crippen molar-refractivity contribution in [1.29, 1.82) is 0 Å². The average Bonchev–Trinajstić information content (AvgIpc) is 2.82. The zero-order valence-corrected chi connectivity index (χ0v) is 21.6. The fourth-order valence-corrected chi connectivity index (χ4v) is 5.58. The molecule has 176 valence electrons. The number of pyridine rings is 1. The number of hydrogen-bond donors (Lipinski definition) is 0. The maximum absolute atomic E-state index is 6.06. The summed E-state index contributed by atoms with van der Waals surface area (Å²) in [5.74, 6) is 1.73. The van der Waals surface area contributed by atoms with Gasteiger partial charge in [0.25, 0.3) is 0 Å². The Labute approximate surface area is 207 Å². The smallest absolute Gasteiger partial charge is 0.223 e. The number of fused-ring (bicyclic) bond motifs is 2. The van der Waals surface area contributed by atoms with E-state index in [0.717, 1.165) is 55.7 Å². The number of nitrogens with zero attached hydrogens (tertiary/aromatic N) is 1. The van der Waals surface area contributed by atoms with Crippen LogP contribution in [0.15, 0.2) is 66.7 Å². The molecule has 0 saturated carbocycles. The van der Waals surface area contributed by atoms with E-state index >= 15 is 0 Å². The number of aryl methyl sites for hydroxylation is 5. The molecule has 0 bridgehead atoms. The van der Waals surface area contributed by atoms with Gasteiger partial charge in [0.2, 0.25) is 16.7 Å². The van der Waals surface area contributed by atoms with Crippen LogP contribution in [0, 0.1) is 34.6 Å². The van der Waals surface area contributed by atoms with Crippen molar-refractivity contribution < 1.29 is 14.0 Å². The highest BCUT2D eigenvalue weighted by Gasteiger charge is 2.30. The standard InChI is InChI=1S/C32H32NO2/c1-19-13-22(4)29(23(5)14-19)32-30-25(15-20(2)17-27(30)34-6)33(24-11-9-8-10-12-24)26-16-21(3)18-28(35-7)31(26)32/h8-18H,1-7H3/q+1. The number of methoxy groups -OCH3 is 2. The molecule has 0 atom stereocenters. The molecule has 0 N–H and O–H groups in total. The molecule has 0 amide bonds. The minimum atomic E-state index is 0.864. The van der Waals surface area contributed by atoms with Gasteiger partial charge in [-0.1, -0.05) is 35.9 Å². The number of benzene rings is 4. The van der Waals surface area contributed by atoms with Crippen LogP contribution in [0.3, 0.4) is 0 Å². The highest BCUT2D eigenvalue weighted by atomic mass is 16.5. The van der Waals surface area contributed by atoms with Gasteiger partial charge in [-0.05, 0) is 74.6 Å². The van der Waals surface area contributed by atoms with E-state index in [1.807, 2.05) is 0 Å². The number of hydrogen-bond acceptors (Lipinski definition) is 2. The first kappa shape index (κ1) is 22.9. The molecule has 1 heterocycles. The van der Waals surface area contributed by atoms with Crippen molar-refractivity contribution in [3.63, 3.8) is 0 Å². The van der Waals surface area contributed by atoms with Crippen LogP contribution in [0.2, 0.25) is 0 Å². The van der Waals surface area contributed by atoms with Gasteiger partial charge in [0.1, 0.15) is 11.5 Å².